The number of nitrogens with zero attached hydrogens (tertiary/aromatic N) is 4. The van der Waals surface area contributed by atoms with Crippen LogP contribution in [0.25, 0.3) is 0 Å². The van der Waals surface area contributed by atoms with E-state index in [1.165, 1.54) is 12.1 Å². The fraction of sp³-hybridized carbons (Fsp3) is 0.571. The second-order valence-electron chi connectivity index (χ2n) is 9.74. The Morgan fingerprint density at radius 2 is 1.15 bits per heavy atom. The molecule has 2 aromatic heterocycles. The van der Waals surface area contributed by atoms with Gasteiger partial charge in [0.2, 0.25) is 0 Å². The minimum absolute atomic E-state index is 0.0116. The zero-order valence-corrected chi connectivity index (χ0v) is 22.7. The second kappa shape index (κ2) is 17.0. The van der Waals surface area contributed by atoms with Crippen molar-refractivity contribution in [2.45, 2.75) is 51.0 Å². The molecule has 1 aliphatic rings. The van der Waals surface area contributed by atoms with Gasteiger partial charge >= 0.3 is 11.9 Å². The Morgan fingerprint density at radius 3 is 1.52 bits per heavy atom. The standard InChI is InChI=1S/C28H40N4O8/c33-15-11-31(19-21-5-3-7-23(29-21)27(35)36)13-17-39-25-9-1-2-10-26(25)40-18-14-32(12-16-34)20-22-6-4-8-24(30-22)28(37)38/h3-8,25-26,33-34H,1-2,9-20H2,(H,35,36)(H,37,38)/t25-,26-/m1/s1. The first kappa shape index (κ1) is 31.5. The Bertz CT molecular complexity index is 989. The number of hydrogen-bond acceptors (Lipinski definition) is 10. The Kier molecular flexibility index (Phi) is 13.4. The minimum Gasteiger partial charge on any atom is -0.477 e. The topological polar surface area (TPSA) is 166 Å². The van der Waals surface area contributed by atoms with Crippen molar-refractivity contribution in [3.05, 3.63) is 59.2 Å². The normalized spacial score (nSPS) is 17.4. The van der Waals surface area contributed by atoms with Gasteiger partial charge in [0.25, 0.3) is 0 Å². The highest BCUT2D eigenvalue weighted by atomic mass is 16.5. The summed E-state index contributed by atoms with van der Waals surface area (Å²) in [5, 5.41) is 37.4. The summed E-state index contributed by atoms with van der Waals surface area (Å²) >= 11 is 0. The highest BCUT2D eigenvalue weighted by Crippen LogP contribution is 2.24. The number of carboxylic acids is 2. The summed E-state index contributed by atoms with van der Waals surface area (Å²) in [6.07, 6.45) is 3.77. The van der Waals surface area contributed by atoms with Crippen LogP contribution < -0.4 is 0 Å². The van der Waals surface area contributed by atoms with Crippen LogP contribution in [0, 0.1) is 0 Å². The monoisotopic (exact) mass is 560 g/mol. The van der Waals surface area contributed by atoms with Crippen molar-refractivity contribution in [3.63, 3.8) is 0 Å². The van der Waals surface area contributed by atoms with E-state index in [2.05, 4.69) is 9.97 Å². The maximum Gasteiger partial charge on any atom is 0.354 e. The fourth-order valence-electron chi connectivity index (χ4n) is 4.76. The third-order valence-electron chi connectivity index (χ3n) is 6.78. The molecule has 2 aromatic rings. The van der Waals surface area contributed by atoms with Crippen molar-refractivity contribution in [1.82, 2.24) is 19.8 Å². The molecular formula is C28H40N4O8. The van der Waals surface area contributed by atoms with Gasteiger partial charge in [0, 0.05) is 39.3 Å². The molecule has 220 valence electrons. The van der Waals surface area contributed by atoms with Crippen LogP contribution in [0.4, 0.5) is 0 Å². The van der Waals surface area contributed by atoms with Gasteiger partial charge in [0.15, 0.2) is 0 Å². The second-order valence-corrected chi connectivity index (χ2v) is 9.74. The average molecular weight is 561 g/mol. The van der Waals surface area contributed by atoms with E-state index in [0.29, 0.717) is 63.9 Å². The summed E-state index contributed by atoms with van der Waals surface area (Å²) in [5.41, 5.74) is 1.21. The Balaban J connectivity index is 1.47. The zero-order chi connectivity index (χ0) is 28.7. The number of aliphatic hydroxyl groups excluding tert-OH is 2. The van der Waals surface area contributed by atoms with E-state index in [0.717, 1.165) is 25.7 Å². The number of hydrogen-bond donors (Lipinski definition) is 4. The van der Waals surface area contributed by atoms with Crippen molar-refractivity contribution < 1.29 is 39.5 Å². The molecule has 0 unspecified atom stereocenters. The highest BCUT2D eigenvalue weighted by Gasteiger charge is 2.27. The summed E-state index contributed by atoms with van der Waals surface area (Å²) in [4.78, 5) is 34.7. The maximum absolute atomic E-state index is 11.2. The van der Waals surface area contributed by atoms with Gasteiger partial charge in [0.1, 0.15) is 11.4 Å². The summed E-state index contributed by atoms with van der Waals surface area (Å²) in [7, 11) is 0. The largest absolute Gasteiger partial charge is 0.477 e. The first-order valence-electron chi connectivity index (χ1n) is 13.7. The number of aromatic carboxylic acids is 2. The van der Waals surface area contributed by atoms with Gasteiger partial charge in [-0.3, -0.25) is 9.80 Å². The lowest BCUT2D eigenvalue weighted by Crippen LogP contribution is -2.39. The summed E-state index contributed by atoms with van der Waals surface area (Å²) in [6, 6.07) is 9.75. The maximum atomic E-state index is 11.2. The molecular weight excluding hydrogens is 520 g/mol. The van der Waals surface area contributed by atoms with Crippen LogP contribution in [0.2, 0.25) is 0 Å². The SMILES string of the molecule is O=C(O)c1cccc(CN(CCO)CCO[C@@H]2CCCC[C@H]2OCCN(CCO)Cc2cccc(C(=O)O)n2)n1. The number of aromatic nitrogens is 2. The van der Waals surface area contributed by atoms with Gasteiger partial charge in [-0.05, 0) is 37.1 Å². The van der Waals surface area contributed by atoms with Crippen molar-refractivity contribution in [3.8, 4) is 0 Å². The third kappa shape index (κ3) is 10.5. The van der Waals surface area contributed by atoms with Crippen LogP contribution in [0.1, 0.15) is 58.0 Å². The predicted octanol–water partition coefficient (Wildman–Crippen LogP) is 1.51. The Hall–Kier alpha value is -3.00. The van der Waals surface area contributed by atoms with E-state index in [1.807, 2.05) is 9.80 Å². The molecule has 0 saturated heterocycles. The number of ether oxygens (including phenoxy) is 2. The molecule has 4 N–H and O–H groups in total. The number of aliphatic hydroxyl groups is 2. The lowest BCUT2D eigenvalue weighted by molar-refractivity contribution is -0.0983. The van der Waals surface area contributed by atoms with Crippen molar-refractivity contribution >= 4 is 11.9 Å². The van der Waals surface area contributed by atoms with E-state index in [4.69, 9.17) is 9.47 Å². The molecule has 0 bridgehead atoms. The van der Waals surface area contributed by atoms with Crippen LogP contribution in [-0.2, 0) is 22.6 Å². The van der Waals surface area contributed by atoms with Crippen LogP contribution in [0.3, 0.4) is 0 Å². The molecule has 3 rings (SSSR count). The first-order valence-corrected chi connectivity index (χ1v) is 13.7. The third-order valence-corrected chi connectivity index (χ3v) is 6.78. The highest BCUT2D eigenvalue weighted by molar-refractivity contribution is 5.85. The molecule has 0 amide bonds. The van der Waals surface area contributed by atoms with Crippen LogP contribution in [-0.4, -0.2) is 117 Å². The Labute approximate surface area is 234 Å². The quantitative estimate of drug-likeness (QED) is 0.208. The van der Waals surface area contributed by atoms with E-state index < -0.39 is 11.9 Å². The molecule has 2 atom stereocenters. The molecule has 0 aliphatic heterocycles. The summed E-state index contributed by atoms with van der Waals surface area (Å²) in [6.45, 7) is 3.54. The molecule has 12 heteroatoms. The molecule has 1 saturated carbocycles. The van der Waals surface area contributed by atoms with Gasteiger partial charge in [0.05, 0.1) is 50.0 Å². The molecule has 1 fully saturated rings. The molecule has 40 heavy (non-hydrogen) atoms. The van der Waals surface area contributed by atoms with Crippen LogP contribution in [0.5, 0.6) is 0 Å². The van der Waals surface area contributed by atoms with E-state index in [9.17, 15) is 30.0 Å². The van der Waals surface area contributed by atoms with Gasteiger partial charge in [-0.2, -0.15) is 0 Å². The van der Waals surface area contributed by atoms with Gasteiger partial charge < -0.3 is 29.9 Å². The van der Waals surface area contributed by atoms with E-state index in [1.54, 1.807) is 24.3 Å². The number of carboxylic acid groups (broad SMARTS) is 2. The van der Waals surface area contributed by atoms with Crippen molar-refractivity contribution in [2.75, 3.05) is 52.6 Å². The van der Waals surface area contributed by atoms with Crippen molar-refractivity contribution in [2.24, 2.45) is 0 Å². The summed E-state index contributed by atoms with van der Waals surface area (Å²) < 4.78 is 12.5. The smallest absolute Gasteiger partial charge is 0.354 e. The average Bonchev–Trinajstić information content (AvgIpc) is 2.94. The van der Waals surface area contributed by atoms with Gasteiger partial charge in [-0.1, -0.05) is 25.0 Å². The number of rotatable bonds is 18. The zero-order valence-electron chi connectivity index (χ0n) is 22.7. The number of carbonyl (C=O) groups is 2. The molecule has 0 spiro atoms. The molecule has 1 aliphatic carbocycles. The predicted molar refractivity (Wildman–Crippen MR) is 145 cm³/mol. The van der Waals surface area contributed by atoms with E-state index >= 15 is 0 Å². The summed E-state index contributed by atoms with van der Waals surface area (Å²) in [5.74, 6) is -2.16. The molecule has 2 heterocycles. The van der Waals surface area contributed by atoms with Crippen LogP contribution in [0.15, 0.2) is 36.4 Å². The minimum atomic E-state index is -1.08. The van der Waals surface area contributed by atoms with Gasteiger partial charge in [-0.25, -0.2) is 19.6 Å². The fourth-order valence-corrected chi connectivity index (χ4v) is 4.76. The van der Waals surface area contributed by atoms with Crippen molar-refractivity contribution in [1.29, 1.82) is 0 Å². The molecule has 0 aromatic carbocycles. The first-order chi connectivity index (χ1) is 19.4. The Morgan fingerprint density at radius 1 is 0.725 bits per heavy atom. The van der Waals surface area contributed by atoms with Gasteiger partial charge in [-0.15, -0.1) is 0 Å². The molecule has 12 nitrogen and oxygen atoms in total. The number of pyridine rings is 2. The van der Waals surface area contributed by atoms with E-state index in [-0.39, 0.29) is 36.8 Å². The molecule has 0 radical (unpaired) electrons. The van der Waals surface area contributed by atoms with Crippen LogP contribution >= 0.6 is 0 Å². The lowest BCUT2D eigenvalue weighted by atomic mass is 9.94. The lowest BCUT2D eigenvalue weighted by Gasteiger charge is -2.33.